The number of rotatable bonds is 6. The van der Waals surface area contributed by atoms with Crippen molar-refractivity contribution >= 4 is 45.8 Å². The Balaban J connectivity index is 1.51. The van der Waals surface area contributed by atoms with Gasteiger partial charge in [-0.15, -0.1) is 0 Å². The van der Waals surface area contributed by atoms with Crippen LogP contribution in [-0.4, -0.2) is 65.2 Å². The van der Waals surface area contributed by atoms with Crippen LogP contribution in [-0.2, 0) is 22.6 Å². The van der Waals surface area contributed by atoms with Crippen molar-refractivity contribution in [2.24, 2.45) is 0 Å². The van der Waals surface area contributed by atoms with E-state index in [0.717, 1.165) is 22.3 Å². The second-order valence-corrected chi connectivity index (χ2v) is 9.71. The molecule has 38 heavy (non-hydrogen) atoms. The van der Waals surface area contributed by atoms with Crippen molar-refractivity contribution < 1.29 is 14.3 Å². The Kier molecular flexibility index (Phi) is 7.25. The number of carbonyl (C=O) groups is 2. The fraction of sp³-hybridized carbons (Fsp3) is 0.357. The van der Waals surface area contributed by atoms with Crippen molar-refractivity contribution in [2.45, 2.75) is 32.5 Å². The van der Waals surface area contributed by atoms with Gasteiger partial charge in [0.15, 0.2) is 5.69 Å². The number of halogens is 1. The van der Waals surface area contributed by atoms with Gasteiger partial charge in [0.25, 0.3) is 0 Å². The van der Waals surface area contributed by atoms with Crippen LogP contribution in [0.3, 0.4) is 0 Å². The molecule has 2 aliphatic rings. The quantitative estimate of drug-likeness (QED) is 0.350. The number of amides is 1. The molecule has 5 rings (SSSR count). The standard InChI is InChI=1S/C28H29ClN6O3/c1-3-24(36)34-15-14-33(17-20(34)11-12-30)27-26(28(37)38-4-2)31-23-18-32(13-16-35(23)27)22-10-6-8-19-7-5-9-21(29)25(19)22/h3,5-10,20H,1,4,11,13-18H2,2H3/t20-/m0/s1. The van der Waals surface area contributed by atoms with E-state index >= 15 is 0 Å². The smallest absolute Gasteiger partial charge is 0.360 e. The number of fused-ring (bicyclic) bond motifs is 2. The number of piperazine rings is 1. The van der Waals surface area contributed by atoms with Crippen LogP contribution >= 0.6 is 11.6 Å². The van der Waals surface area contributed by atoms with E-state index in [9.17, 15) is 14.9 Å². The molecule has 2 aliphatic heterocycles. The Labute approximate surface area is 226 Å². The van der Waals surface area contributed by atoms with Crippen LogP contribution in [0.1, 0.15) is 29.7 Å². The Morgan fingerprint density at radius 1 is 1.18 bits per heavy atom. The molecule has 0 N–H and O–H groups in total. The molecule has 9 nitrogen and oxygen atoms in total. The predicted molar refractivity (Wildman–Crippen MR) is 146 cm³/mol. The lowest BCUT2D eigenvalue weighted by Crippen LogP contribution is -2.55. The molecular weight excluding hydrogens is 504 g/mol. The van der Waals surface area contributed by atoms with Crippen molar-refractivity contribution in [3.63, 3.8) is 0 Å². The number of aromatic nitrogens is 2. The molecule has 10 heteroatoms. The van der Waals surface area contributed by atoms with Crippen LogP contribution in [0.4, 0.5) is 11.5 Å². The predicted octanol–water partition coefficient (Wildman–Crippen LogP) is 4.00. The van der Waals surface area contributed by atoms with Gasteiger partial charge < -0.3 is 24.0 Å². The fourth-order valence-corrected chi connectivity index (χ4v) is 5.73. The van der Waals surface area contributed by atoms with Gasteiger partial charge in [-0.05, 0) is 30.5 Å². The summed E-state index contributed by atoms with van der Waals surface area (Å²) in [7, 11) is 0. The summed E-state index contributed by atoms with van der Waals surface area (Å²) in [6.45, 7) is 8.72. The Hall–Kier alpha value is -4.03. The van der Waals surface area contributed by atoms with Gasteiger partial charge in [-0.2, -0.15) is 5.26 Å². The summed E-state index contributed by atoms with van der Waals surface area (Å²) in [5.74, 6) is 0.753. The van der Waals surface area contributed by atoms with Gasteiger partial charge in [0.05, 0.1) is 36.7 Å². The van der Waals surface area contributed by atoms with E-state index in [-0.39, 0.29) is 30.7 Å². The van der Waals surface area contributed by atoms with Crippen LogP contribution in [0.5, 0.6) is 0 Å². The molecule has 1 fully saturated rings. The molecule has 1 atom stereocenters. The van der Waals surface area contributed by atoms with Gasteiger partial charge in [-0.25, -0.2) is 9.78 Å². The molecule has 0 spiro atoms. The maximum atomic E-state index is 13.0. The van der Waals surface area contributed by atoms with E-state index < -0.39 is 5.97 Å². The molecule has 3 heterocycles. The molecule has 1 saturated heterocycles. The van der Waals surface area contributed by atoms with E-state index in [0.29, 0.717) is 50.1 Å². The topological polar surface area (TPSA) is 94.7 Å². The average molecular weight is 533 g/mol. The molecule has 0 aliphatic carbocycles. The number of ether oxygens (including phenoxy) is 1. The number of hydrogen-bond donors (Lipinski definition) is 0. The SMILES string of the molecule is C=CC(=O)N1CCN(c2c(C(=O)OCC)nc3n2CCN(c2cccc4cccc(Cl)c24)C3)C[C@@H]1CC#N. The third-order valence-corrected chi connectivity index (χ3v) is 7.47. The number of hydrogen-bond acceptors (Lipinski definition) is 7. The van der Waals surface area contributed by atoms with E-state index in [1.807, 2.05) is 30.3 Å². The Bertz CT molecular complexity index is 1440. The highest BCUT2D eigenvalue weighted by Gasteiger charge is 2.36. The molecular formula is C28H29ClN6O3. The summed E-state index contributed by atoms with van der Waals surface area (Å²) in [5, 5.41) is 12.1. The fourth-order valence-electron chi connectivity index (χ4n) is 5.45. The van der Waals surface area contributed by atoms with E-state index in [1.54, 1.807) is 11.8 Å². The molecule has 0 saturated carbocycles. The number of nitrogens with zero attached hydrogens (tertiary/aromatic N) is 6. The summed E-state index contributed by atoms with van der Waals surface area (Å²) >= 11 is 6.60. The third-order valence-electron chi connectivity index (χ3n) is 7.15. The summed E-state index contributed by atoms with van der Waals surface area (Å²) in [6.07, 6.45) is 1.46. The van der Waals surface area contributed by atoms with Gasteiger partial charge in [-0.1, -0.05) is 42.4 Å². The normalized spacial score (nSPS) is 17.2. The largest absolute Gasteiger partial charge is 0.461 e. The van der Waals surface area contributed by atoms with Crippen molar-refractivity contribution in [3.8, 4) is 6.07 Å². The van der Waals surface area contributed by atoms with Crippen molar-refractivity contribution in [2.75, 3.05) is 42.6 Å². The lowest BCUT2D eigenvalue weighted by molar-refractivity contribution is -0.128. The maximum absolute atomic E-state index is 13.0. The minimum Gasteiger partial charge on any atom is -0.461 e. The van der Waals surface area contributed by atoms with E-state index in [4.69, 9.17) is 21.3 Å². The highest BCUT2D eigenvalue weighted by Crippen LogP contribution is 2.36. The van der Waals surface area contributed by atoms with Gasteiger partial charge in [0.2, 0.25) is 5.91 Å². The zero-order valence-corrected chi connectivity index (χ0v) is 22.0. The first kappa shape index (κ1) is 25.6. The second-order valence-electron chi connectivity index (χ2n) is 9.31. The van der Waals surface area contributed by atoms with Crippen LogP contribution in [0.25, 0.3) is 10.8 Å². The Morgan fingerprint density at radius 2 is 1.95 bits per heavy atom. The molecule has 196 valence electrons. The van der Waals surface area contributed by atoms with Crippen LogP contribution in [0.2, 0.25) is 5.02 Å². The monoisotopic (exact) mass is 532 g/mol. The average Bonchev–Trinajstić information content (AvgIpc) is 3.32. The highest BCUT2D eigenvalue weighted by atomic mass is 35.5. The van der Waals surface area contributed by atoms with Gasteiger partial charge in [-0.3, -0.25) is 4.79 Å². The lowest BCUT2D eigenvalue weighted by Gasteiger charge is -2.42. The van der Waals surface area contributed by atoms with E-state index in [2.05, 4.69) is 33.1 Å². The number of benzene rings is 2. The van der Waals surface area contributed by atoms with Crippen LogP contribution < -0.4 is 9.80 Å². The molecule has 0 bridgehead atoms. The molecule has 1 aromatic heterocycles. The first-order chi connectivity index (χ1) is 18.5. The maximum Gasteiger partial charge on any atom is 0.360 e. The van der Waals surface area contributed by atoms with Gasteiger partial charge in [0, 0.05) is 43.8 Å². The first-order valence-electron chi connectivity index (χ1n) is 12.7. The molecule has 2 aromatic carbocycles. The molecule has 0 unspecified atom stereocenters. The minimum absolute atomic E-state index is 0.182. The molecule has 1 amide bonds. The third kappa shape index (κ3) is 4.56. The molecule has 0 radical (unpaired) electrons. The van der Waals surface area contributed by atoms with Crippen molar-refractivity contribution in [3.05, 3.63) is 65.6 Å². The first-order valence-corrected chi connectivity index (χ1v) is 13.1. The zero-order chi connectivity index (χ0) is 26.8. The highest BCUT2D eigenvalue weighted by molar-refractivity contribution is 6.36. The summed E-state index contributed by atoms with van der Waals surface area (Å²) < 4.78 is 7.44. The zero-order valence-electron chi connectivity index (χ0n) is 21.3. The van der Waals surface area contributed by atoms with Crippen LogP contribution in [0, 0.1) is 11.3 Å². The van der Waals surface area contributed by atoms with Gasteiger partial charge in [0.1, 0.15) is 11.6 Å². The number of esters is 1. The molecule has 3 aromatic rings. The summed E-state index contributed by atoms with van der Waals surface area (Å²) in [6, 6.07) is 13.9. The number of anilines is 2. The summed E-state index contributed by atoms with van der Waals surface area (Å²) in [4.78, 5) is 36.2. The lowest BCUT2D eigenvalue weighted by atomic mass is 10.1. The number of nitriles is 1. The van der Waals surface area contributed by atoms with Gasteiger partial charge >= 0.3 is 5.97 Å². The number of carbonyl (C=O) groups excluding carboxylic acids is 2. The van der Waals surface area contributed by atoms with Crippen molar-refractivity contribution in [1.29, 1.82) is 5.26 Å². The Morgan fingerprint density at radius 3 is 2.68 bits per heavy atom. The van der Waals surface area contributed by atoms with E-state index in [1.165, 1.54) is 6.08 Å². The second kappa shape index (κ2) is 10.8. The number of imidazole rings is 1. The van der Waals surface area contributed by atoms with Crippen LogP contribution in [0.15, 0.2) is 49.1 Å². The summed E-state index contributed by atoms with van der Waals surface area (Å²) in [5.41, 5.74) is 1.28. The minimum atomic E-state index is -0.481. The van der Waals surface area contributed by atoms with Crippen molar-refractivity contribution in [1.82, 2.24) is 14.5 Å².